The molecule has 1 saturated heterocycles. The van der Waals surface area contributed by atoms with Crippen LogP contribution in [-0.4, -0.2) is 13.1 Å². The number of nitrogens with two attached hydrogens (primary N) is 1. The first kappa shape index (κ1) is 9.69. The summed E-state index contributed by atoms with van der Waals surface area (Å²) in [6, 6.07) is 8.58. The van der Waals surface area contributed by atoms with Crippen LogP contribution >= 0.6 is 0 Å². The Labute approximate surface area is 85.5 Å². The van der Waals surface area contributed by atoms with Gasteiger partial charge in [-0.25, -0.2) is 0 Å². The molecule has 0 amide bonds. The molecule has 76 valence electrons. The van der Waals surface area contributed by atoms with Crippen LogP contribution in [0.2, 0.25) is 0 Å². The number of benzene rings is 1. The molecule has 2 rings (SSSR count). The van der Waals surface area contributed by atoms with E-state index in [1.165, 1.54) is 24.0 Å². The lowest BCUT2D eigenvalue weighted by Crippen LogP contribution is -2.27. The molecule has 1 aliphatic heterocycles. The Morgan fingerprint density at radius 3 is 2.64 bits per heavy atom. The molecule has 1 aliphatic rings. The maximum absolute atomic E-state index is 5.74. The summed E-state index contributed by atoms with van der Waals surface area (Å²) in [5.41, 5.74) is 8.53. The van der Waals surface area contributed by atoms with E-state index >= 15 is 0 Å². The molecule has 0 radical (unpaired) electrons. The van der Waals surface area contributed by atoms with Crippen LogP contribution < -0.4 is 11.1 Å². The third kappa shape index (κ3) is 1.97. The van der Waals surface area contributed by atoms with Gasteiger partial charge < -0.3 is 11.1 Å². The number of nitrogens with one attached hydrogen (secondary N) is 1. The van der Waals surface area contributed by atoms with Crippen LogP contribution in [0, 0.1) is 0 Å². The molecule has 3 N–H and O–H groups in total. The summed E-state index contributed by atoms with van der Waals surface area (Å²) in [4.78, 5) is 0. The molecule has 0 saturated carbocycles. The zero-order valence-corrected chi connectivity index (χ0v) is 8.50. The smallest absolute Gasteiger partial charge is 0.0180 e. The first-order chi connectivity index (χ1) is 6.92. The molecule has 1 aromatic rings. The van der Waals surface area contributed by atoms with Crippen molar-refractivity contribution in [1.82, 2.24) is 5.32 Å². The van der Waals surface area contributed by atoms with Crippen LogP contribution in [0.4, 0.5) is 0 Å². The Balaban J connectivity index is 2.20. The average Bonchev–Trinajstić information content (AvgIpc) is 2.30. The van der Waals surface area contributed by atoms with E-state index in [-0.39, 0.29) is 0 Å². The summed E-state index contributed by atoms with van der Waals surface area (Å²) in [5.74, 6) is 0.719. The Morgan fingerprint density at radius 1 is 1.21 bits per heavy atom. The maximum atomic E-state index is 5.74. The summed E-state index contributed by atoms with van der Waals surface area (Å²) >= 11 is 0. The van der Waals surface area contributed by atoms with E-state index in [9.17, 15) is 0 Å². The van der Waals surface area contributed by atoms with Crippen molar-refractivity contribution in [2.75, 3.05) is 13.1 Å². The van der Waals surface area contributed by atoms with Crippen LogP contribution in [0.3, 0.4) is 0 Å². The van der Waals surface area contributed by atoms with Crippen molar-refractivity contribution in [3.63, 3.8) is 0 Å². The summed E-state index contributed by atoms with van der Waals surface area (Å²) in [6.45, 7) is 2.95. The number of rotatable bonds is 2. The van der Waals surface area contributed by atoms with E-state index in [1.54, 1.807) is 0 Å². The van der Waals surface area contributed by atoms with Crippen molar-refractivity contribution in [3.8, 4) is 0 Å². The van der Waals surface area contributed by atoms with Gasteiger partial charge in [-0.2, -0.15) is 0 Å². The topological polar surface area (TPSA) is 38.0 Å². The minimum atomic E-state index is 0.667. The predicted octanol–water partition coefficient (Wildman–Crippen LogP) is 1.61. The Morgan fingerprint density at radius 2 is 1.93 bits per heavy atom. The molecule has 0 aliphatic carbocycles. The fourth-order valence-electron chi connectivity index (χ4n) is 2.25. The molecule has 0 atom stereocenters. The molecule has 0 bridgehead atoms. The van der Waals surface area contributed by atoms with E-state index in [1.807, 2.05) is 0 Å². The van der Waals surface area contributed by atoms with E-state index in [2.05, 4.69) is 29.6 Å². The molecule has 1 aromatic carbocycles. The van der Waals surface area contributed by atoms with Gasteiger partial charge in [-0.15, -0.1) is 0 Å². The molecule has 0 unspecified atom stereocenters. The monoisotopic (exact) mass is 190 g/mol. The highest BCUT2D eigenvalue weighted by molar-refractivity contribution is 5.30. The molecular weight excluding hydrogens is 172 g/mol. The fraction of sp³-hybridized carbons (Fsp3) is 0.500. The van der Waals surface area contributed by atoms with Gasteiger partial charge in [-0.1, -0.05) is 24.3 Å². The van der Waals surface area contributed by atoms with Crippen molar-refractivity contribution in [3.05, 3.63) is 35.4 Å². The minimum Gasteiger partial charge on any atom is -0.326 e. The van der Waals surface area contributed by atoms with Crippen molar-refractivity contribution >= 4 is 0 Å². The highest BCUT2D eigenvalue weighted by atomic mass is 14.9. The molecule has 1 heterocycles. The predicted molar refractivity (Wildman–Crippen MR) is 59.2 cm³/mol. The third-order valence-corrected chi connectivity index (χ3v) is 3.05. The lowest BCUT2D eigenvalue weighted by molar-refractivity contribution is 0.458. The highest BCUT2D eigenvalue weighted by Crippen LogP contribution is 2.27. The first-order valence-corrected chi connectivity index (χ1v) is 5.40. The van der Waals surface area contributed by atoms with Crippen molar-refractivity contribution in [2.45, 2.75) is 25.3 Å². The standard InChI is InChI=1S/C12H18N2/c13-9-11-3-1-2-4-12(11)10-5-7-14-8-6-10/h1-4,10,14H,5-9,13H2. The molecule has 2 heteroatoms. The zero-order chi connectivity index (χ0) is 9.80. The molecule has 2 nitrogen and oxygen atoms in total. The second-order valence-corrected chi connectivity index (χ2v) is 3.93. The SMILES string of the molecule is NCc1ccccc1C1CCNCC1. The van der Waals surface area contributed by atoms with Crippen molar-refractivity contribution in [2.24, 2.45) is 5.73 Å². The molecule has 14 heavy (non-hydrogen) atoms. The van der Waals surface area contributed by atoms with Gasteiger partial charge in [0.25, 0.3) is 0 Å². The van der Waals surface area contributed by atoms with Gasteiger partial charge in [0.2, 0.25) is 0 Å². The highest BCUT2D eigenvalue weighted by Gasteiger charge is 2.16. The van der Waals surface area contributed by atoms with E-state index in [4.69, 9.17) is 5.73 Å². The van der Waals surface area contributed by atoms with Crippen molar-refractivity contribution in [1.29, 1.82) is 0 Å². The Bertz CT molecular complexity index is 290. The minimum absolute atomic E-state index is 0.667. The normalized spacial score (nSPS) is 18.4. The summed E-state index contributed by atoms with van der Waals surface area (Å²) in [6.07, 6.45) is 2.49. The lowest BCUT2D eigenvalue weighted by Gasteiger charge is -2.24. The molecule has 0 aromatic heterocycles. The zero-order valence-electron chi connectivity index (χ0n) is 8.50. The Hall–Kier alpha value is -0.860. The van der Waals surface area contributed by atoms with Crippen LogP contribution in [-0.2, 0) is 6.54 Å². The van der Waals surface area contributed by atoms with Gasteiger partial charge in [-0.3, -0.25) is 0 Å². The largest absolute Gasteiger partial charge is 0.326 e. The molecular formula is C12H18N2. The van der Waals surface area contributed by atoms with Crippen molar-refractivity contribution < 1.29 is 0 Å². The number of hydrogen-bond donors (Lipinski definition) is 2. The van der Waals surface area contributed by atoms with Gasteiger partial charge in [0, 0.05) is 6.54 Å². The average molecular weight is 190 g/mol. The second-order valence-electron chi connectivity index (χ2n) is 3.93. The fourth-order valence-corrected chi connectivity index (χ4v) is 2.25. The Kier molecular flexibility index (Phi) is 3.17. The van der Waals surface area contributed by atoms with Gasteiger partial charge in [0.15, 0.2) is 0 Å². The number of hydrogen-bond acceptors (Lipinski definition) is 2. The number of piperidine rings is 1. The van der Waals surface area contributed by atoms with Gasteiger partial charge in [-0.05, 0) is 43.0 Å². The summed E-state index contributed by atoms with van der Waals surface area (Å²) in [5, 5.41) is 3.39. The first-order valence-electron chi connectivity index (χ1n) is 5.40. The van der Waals surface area contributed by atoms with E-state index in [0.717, 1.165) is 19.0 Å². The van der Waals surface area contributed by atoms with Crippen LogP contribution in [0.5, 0.6) is 0 Å². The van der Waals surface area contributed by atoms with Crippen LogP contribution in [0.1, 0.15) is 29.9 Å². The van der Waals surface area contributed by atoms with Gasteiger partial charge in [0.1, 0.15) is 0 Å². The van der Waals surface area contributed by atoms with Gasteiger partial charge >= 0.3 is 0 Å². The second kappa shape index (κ2) is 4.58. The lowest BCUT2D eigenvalue weighted by atomic mass is 9.87. The summed E-state index contributed by atoms with van der Waals surface area (Å²) in [7, 11) is 0. The molecule has 0 spiro atoms. The molecule has 1 fully saturated rings. The van der Waals surface area contributed by atoms with E-state index in [0.29, 0.717) is 6.54 Å². The van der Waals surface area contributed by atoms with E-state index < -0.39 is 0 Å². The maximum Gasteiger partial charge on any atom is 0.0180 e. The van der Waals surface area contributed by atoms with Gasteiger partial charge in [0.05, 0.1) is 0 Å². The van der Waals surface area contributed by atoms with Crippen LogP contribution in [0.15, 0.2) is 24.3 Å². The van der Waals surface area contributed by atoms with Crippen LogP contribution in [0.25, 0.3) is 0 Å². The summed E-state index contributed by atoms with van der Waals surface area (Å²) < 4.78 is 0. The quantitative estimate of drug-likeness (QED) is 0.743. The third-order valence-electron chi connectivity index (χ3n) is 3.05.